The van der Waals surface area contributed by atoms with Crippen LogP contribution in [0.25, 0.3) is 22.4 Å². The molecule has 6 rings (SSSR count). The molecular formula is C28H19F3N2O5. The Morgan fingerprint density at radius 2 is 2.00 bits per heavy atom. The van der Waals surface area contributed by atoms with Crippen LogP contribution in [0, 0.1) is 17.5 Å². The molecule has 0 unspecified atom stereocenters. The molecule has 10 heteroatoms. The number of para-hydroxylation sites is 1. The summed E-state index contributed by atoms with van der Waals surface area (Å²) in [5, 5.41) is 9.36. The van der Waals surface area contributed by atoms with Crippen LogP contribution in [0.3, 0.4) is 0 Å². The summed E-state index contributed by atoms with van der Waals surface area (Å²) >= 11 is 0. The molecule has 0 aliphatic carbocycles. The van der Waals surface area contributed by atoms with Crippen molar-refractivity contribution in [3.63, 3.8) is 0 Å². The summed E-state index contributed by atoms with van der Waals surface area (Å²) in [6.07, 6.45) is 2.66. The van der Waals surface area contributed by atoms with Gasteiger partial charge >= 0.3 is 5.97 Å². The van der Waals surface area contributed by atoms with E-state index in [4.69, 9.17) is 13.9 Å². The summed E-state index contributed by atoms with van der Waals surface area (Å²) in [6, 6.07) is 11.4. The number of aliphatic carboxylic acids is 1. The highest BCUT2D eigenvalue weighted by Gasteiger charge is 2.42. The third-order valence-corrected chi connectivity index (χ3v) is 6.70. The number of nitrogens with zero attached hydrogens (tertiary/aromatic N) is 1. The molecule has 0 saturated heterocycles. The largest absolute Gasteiger partial charge is 0.492 e. The minimum Gasteiger partial charge on any atom is -0.492 e. The molecule has 2 N–H and O–H groups in total. The number of carboxylic acid groups (broad SMARTS) is 1. The highest BCUT2D eigenvalue weighted by atomic mass is 19.1. The zero-order valence-electron chi connectivity index (χ0n) is 19.8. The smallest absolute Gasteiger partial charge is 0.307 e. The van der Waals surface area contributed by atoms with E-state index < -0.39 is 34.6 Å². The number of ether oxygens (including phenoxy) is 2. The summed E-state index contributed by atoms with van der Waals surface area (Å²) in [6.45, 7) is 2.04. The standard InChI is InChI=1S/C28H19F3N2O5/c1-28(13-37-25-14(9-23(34)35)3-2-4-18(25)28)22-12-36-27(33-22)17-10-15(5-6-19(17)29)38-26-20(30)11-21-16(24(26)31)7-8-32-21/h2-8,10-12,32H,9,13H2,1H3,(H,34,35)/t28-/m1/s1. The van der Waals surface area contributed by atoms with Gasteiger partial charge in [-0.05, 0) is 31.2 Å². The van der Waals surface area contributed by atoms with Crippen molar-refractivity contribution in [3.8, 4) is 28.7 Å². The molecule has 0 radical (unpaired) electrons. The number of rotatable bonds is 6. The molecule has 1 aliphatic rings. The minimum atomic E-state index is -0.982. The van der Waals surface area contributed by atoms with Crippen LogP contribution in [0.2, 0.25) is 0 Å². The van der Waals surface area contributed by atoms with Crippen molar-refractivity contribution in [1.29, 1.82) is 0 Å². The van der Waals surface area contributed by atoms with Gasteiger partial charge in [-0.3, -0.25) is 4.79 Å². The first kappa shape index (κ1) is 23.7. The molecule has 0 bridgehead atoms. The van der Waals surface area contributed by atoms with E-state index in [0.717, 1.165) is 17.7 Å². The summed E-state index contributed by atoms with van der Waals surface area (Å²) in [5.74, 6) is -3.69. The van der Waals surface area contributed by atoms with Gasteiger partial charge in [0.15, 0.2) is 17.4 Å². The Labute approximate surface area is 213 Å². The number of H-pyrrole nitrogens is 1. The van der Waals surface area contributed by atoms with Crippen LogP contribution < -0.4 is 9.47 Å². The fraction of sp³-hybridized carbons (Fsp3) is 0.143. The number of aromatic amines is 1. The molecule has 5 aromatic rings. The fourth-order valence-corrected chi connectivity index (χ4v) is 4.70. The summed E-state index contributed by atoms with van der Waals surface area (Å²) < 4.78 is 61.2. The summed E-state index contributed by atoms with van der Waals surface area (Å²) in [4.78, 5) is 18.5. The quantitative estimate of drug-likeness (QED) is 0.271. The van der Waals surface area contributed by atoms with Gasteiger partial charge in [-0.1, -0.05) is 18.2 Å². The van der Waals surface area contributed by atoms with Crippen molar-refractivity contribution < 1.29 is 37.0 Å². The van der Waals surface area contributed by atoms with E-state index in [0.29, 0.717) is 17.0 Å². The van der Waals surface area contributed by atoms with E-state index in [-0.39, 0.29) is 41.1 Å². The molecule has 3 heterocycles. The van der Waals surface area contributed by atoms with E-state index in [1.54, 1.807) is 12.1 Å². The van der Waals surface area contributed by atoms with Gasteiger partial charge in [0, 0.05) is 28.8 Å². The topological polar surface area (TPSA) is 97.6 Å². The first-order valence-electron chi connectivity index (χ1n) is 11.6. The molecule has 0 fully saturated rings. The van der Waals surface area contributed by atoms with Gasteiger partial charge in [0.25, 0.3) is 0 Å². The van der Waals surface area contributed by atoms with Crippen LogP contribution in [0.4, 0.5) is 13.2 Å². The molecule has 1 aliphatic heterocycles. The van der Waals surface area contributed by atoms with E-state index in [1.165, 1.54) is 30.7 Å². The molecule has 3 aromatic carbocycles. The Morgan fingerprint density at radius 1 is 1.16 bits per heavy atom. The lowest BCUT2D eigenvalue weighted by Crippen LogP contribution is -2.25. The van der Waals surface area contributed by atoms with Crippen molar-refractivity contribution in [1.82, 2.24) is 9.97 Å². The molecule has 7 nitrogen and oxygen atoms in total. The second-order valence-corrected chi connectivity index (χ2v) is 9.21. The molecule has 2 aromatic heterocycles. The lowest BCUT2D eigenvalue weighted by molar-refractivity contribution is -0.136. The highest BCUT2D eigenvalue weighted by Crippen LogP contribution is 2.45. The van der Waals surface area contributed by atoms with Crippen molar-refractivity contribution in [2.45, 2.75) is 18.8 Å². The molecule has 192 valence electrons. The Balaban J connectivity index is 1.34. The second-order valence-electron chi connectivity index (χ2n) is 9.21. The molecule has 0 amide bonds. The van der Waals surface area contributed by atoms with Gasteiger partial charge in [0.2, 0.25) is 5.89 Å². The van der Waals surface area contributed by atoms with Gasteiger partial charge in [0.05, 0.1) is 28.6 Å². The molecule has 38 heavy (non-hydrogen) atoms. The number of carboxylic acids is 1. The third-order valence-electron chi connectivity index (χ3n) is 6.70. The highest BCUT2D eigenvalue weighted by molar-refractivity contribution is 5.82. The number of hydrogen-bond donors (Lipinski definition) is 2. The van der Waals surface area contributed by atoms with Crippen LogP contribution in [0.15, 0.2) is 65.4 Å². The SMILES string of the molecule is C[C@@]1(c2coc(-c3cc(Oc4c(F)cc5[nH]ccc5c4F)ccc3F)n2)COc2c(CC(=O)O)cccc21. The normalized spacial score (nSPS) is 16.4. The number of aromatic nitrogens is 2. The summed E-state index contributed by atoms with van der Waals surface area (Å²) in [7, 11) is 0. The van der Waals surface area contributed by atoms with Gasteiger partial charge in [-0.25, -0.2) is 18.2 Å². The number of benzene rings is 3. The van der Waals surface area contributed by atoms with E-state index in [9.17, 15) is 23.1 Å². The zero-order chi connectivity index (χ0) is 26.6. The molecule has 1 atom stereocenters. The Bertz CT molecular complexity index is 1730. The average Bonchev–Trinajstić information content (AvgIpc) is 3.63. The fourth-order valence-electron chi connectivity index (χ4n) is 4.70. The van der Waals surface area contributed by atoms with Crippen molar-refractivity contribution in [3.05, 3.63) is 95.3 Å². The molecule has 0 spiro atoms. The number of halogens is 3. The number of nitrogens with one attached hydrogen (secondary N) is 1. The second kappa shape index (κ2) is 8.69. The van der Waals surface area contributed by atoms with Gasteiger partial charge < -0.3 is 24.0 Å². The van der Waals surface area contributed by atoms with E-state index in [2.05, 4.69) is 9.97 Å². The Morgan fingerprint density at radius 3 is 2.82 bits per heavy atom. The van der Waals surface area contributed by atoms with Gasteiger partial charge in [-0.2, -0.15) is 0 Å². The monoisotopic (exact) mass is 520 g/mol. The van der Waals surface area contributed by atoms with Crippen molar-refractivity contribution >= 4 is 16.9 Å². The number of hydrogen-bond acceptors (Lipinski definition) is 5. The maximum absolute atomic E-state index is 14.9. The van der Waals surface area contributed by atoms with Crippen LogP contribution in [-0.2, 0) is 16.6 Å². The maximum Gasteiger partial charge on any atom is 0.307 e. The first-order chi connectivity index (χ1) is 18.2. The Kier molecular flexibility index (Phi) is 5.41. The number of carbonyl (C=O) groups is 1. The Hall–Kier alpha value is -4.73. The first-order valence-corrected chi connectivity index (χ1v) is 11.6. The van der Waals surface area contributed by atoms with Gasteiger partial charge in [0.1, 0.15) is 30.2 Å². The zero-order valence-corrected chi connectivity index (χ0v) is 19.8. The predicted molar refractivity (Wildman–Crippen MR) is 130 cm³/mol. The number of oxazole rings is 1. The van der Waals surface area contributed by atoms with Crippen LogP contribution in [0.1, 0.15) is 23.7 Å². The van der Waals surface area contributed by atoms with E-state index >= 15 is 0 Å². The third kappa shape index (κ3) is 3.76. The van der Waals surface area contributed by atoms with Crippen molar-refractivity contribution in [2.24, 2.45) is 0 Å². The van der Waals surface area contributed by atoms with Crippen LogP contribution in [0.5, 0.6) is 17.2 Å². The average molecular weight is 520 g/mol. The molecule has 0 saturated carbocycles. The van der Waals surface area contributed by atoms with Crippen molar-refractivity contribution in [2.75, 3.05) is 6.61 Å². The van der Waals surface area contributed by atoms with E-state index in [1.807, 2.05) is 13.0 Å². The van der Waals surface area contributed by atoms with Crippen LogP contribution >= 0.6 is 0 Å². The maximum atomic E-state index is 14.9. The number of fused-ring (bicyclic) bond motifs is 2. The lowest BCUT2D eigenvalue weighted by Gasteiger charge is -2.19. The lowest BCUT2D eigenvalue weighted by atomic mass is 9.81. The summed E-state index contributed by atoms with van der Waals surface area (Å²) in [5.41, 5.74) is 1.14. The van der Waals surface area contributed by atoms with Gasteiger partial charge in [-0.15, -0.1) is 0 Å². The molecular weight excluding hydrogens is 501 g/mol. The van der Waals surface area contributed by atoms with Crippen LogP contribution in [-0.4, -0.2) is 27.7 Å². The minimum absolute atomic E-state index is 0.0205. The predicted octanol–water partition coefficient (Wildman–Crippen LogP) is 6.36.